The topological polar surface area (TPSA) is 69.7 Å². The summed E-state index contributed by atoms with van der Waals surface area (Å²) in [6, 6.07) is 6.10. The zero-order valence-corrected chi connectivity index (χ0v) is 12.5. The van der Waals surface area contributed by atoms with E-state index in [0.717, 1.165) is 6.42 Å². The molecule has 0 amide bonds. The van der Waals surface area contributed by atoms with Crippen LogP contribution in [0.4, 0.5) is 0 Å². The van der Waals surface area contributed by atoms with Gasteiger partial charge in [0.1, 0.15) is 5.75 Å². The molecule has 5 nitrogen and oxygen atoms in total. The lowest BCUT2D eigenvalue weighted by Crippen LogP contribution is -2.09. The van der Waals surface area contributed by atoms with E-state index >= 15 is 0 Å². The highest BCUT2D eigenvalue weighted by atomic mass is 35.5. The first-order chi connectivity index (χ1) is 10.0. The van der Waals surface area contributed by atoms with E-state index in [1.165, 1.54) is 24.3 Å². The maximum absolute atomic E-state index is 11.6. The van der Waals surface area contributed by atoms with Gasteiger partial charge in [0.2, 0.25) is 5.24 Å². The van der Waals surface area contributed by atoms with Crippen molar-refractivity contribution >= 4 is 28.8 Å². The molecule has 0 radical (unpaired) electrons. The van der Waals surface area contributed by atoms with Gasteiger partial charge < -0.3 is 9.47 Å². The lowest BCUT2D eigenvalue weighted by molar-refractivity contribution is -0.134. The standard InChI is InChI=1S/C15H17ClO5/c1-2-10-20-15(19)11-6-8-12(9-7-11)21-14(18)5-3-4-13(16)17/h6-9H,2-5,10H2,1H3. The van der Waals surface area contributed by atoms with Crippen LogP contribution in [0.15, 0.2) is 24.3 Å². The van der Waals surface area contributed by atoms with Crippen molar-refractivity contribution < 1.29 is 23.9 Å². The summed E-state index contributed by atoms with van der Waals surface area (Å²) < 4.78 is 10.0. The van der Waals surface area contributed by atoms with Gasteiger partial charge in [-0.25, -0.2) is 4.79 Å². The Morgan fingerprint density at radius 1 is 1.10 bits per heavy atom. The molecular formula is C15H17ClO5. The molecule has 0 spiro atoms. The summed E-state index contributed by atoms with van der Waals surface area (Å²) >= 11 is 5.17. The highest BCUT2D eigenvalue weighted by Gasteiger charge is 2.09. The number of ether oxygens (including phenoxy) is 2. The van der Waals surface area contributed by atoms with E-state index < -0.39 is 17.2 Å². The van der Waals surface area contributed by atoms with E-state index in [1.54, 1.807) is 0 Å². The average molecular weight is 313 g/mol. The molecule has 0 saturated heterocycles. The molecule has 0 aromatic heterocycles. The third-order valence-corrected chi connectivity index (χ3v) is 2.70. The molecule has 6 heteroatoms. The van der Waals surface area contributed by atoms with Crippen molar-refractivity contribution in [3.8, 4) is 5.75 Å². The Kier molecular flexibility index (Phi) is 7.46. The van der Waals surface area contributed by atoms with Crippen LogP contribution in [-0.4, -0.2) is 23.8 Å². The van der Waals surface area contributed by atoms with Crippen molar-refractivity contribution in [3.63, 3.8) is 0 Å². The molecule has 1 rings (SSSR count). The summed E-state index contributed by atoms with van der Waals surface area (Å²) in [5, 5.41) is -0.474. The number of halogens is 1. The fourth-order valence-electron chi connectivity index (χ4n) is 1.49. The number of rotatable bonds is 8. The molecule has 0 unspecified atom stereocenters. The Morgan fingerprint density at radius 2 is 1.76 bits per heavy atom. The van der Waals surface area contributed by atoms with E-state index in [2.05, 4.69) is 0 Å². The van der Waals surface area contributed by atoms with E-state index in [1.807, 2.05) is 6.92 Å². The number of carbonyl (C=O) groups is 3. The third-order valence-electron chi connectivity index (χ3n) is 2.51. The molecule has 114 valence electrons. The predicted molar refractivity (Wildman–Crippen MR) is 77.4 cm³/mol. The molecule has 1 aromatic carbocycles. The van der Waals surface area contributed by atoms with E-state index in [-0.39, 0.29) is 12.8 Å². The molecule has 0 fully saturated rings. The van der Waals surface area contributed by atoms with Gasteiger partial charge in [0, 0.05) is 12.8 Å². The van der Waals surface area contributed by atoms with E-state index in [4.69, 9.17) is 21.1 Å². The van der Waals surface area contributed by atoms with Gasteiger partial charge in [0.15, 0.2) is 0 Å². The Bertz CT molecular complexity index is 495. The highest BCUT2D eigenvalue weighted by Crippen LogP contribution is 2.14. The number of hydrogen-bond donors (Lipinski definition) is 0. The minimum Gasteiger partial charge on any atom is -0.462 e. The minimum atomic E-state index is -0.474. The van der Waals surface area contributed by atoms with E-state index in [9.17, 15) is 14.4 Å². The summed E-state index contributed by atoms with van der Waals surface area (Å²) in [7, 11) is 0. The Hall–Kier alpha value is -1.88. The third kappa shape index (κ3) is 6.90. The molecule has 0 aliphatic rings. The lowest BCUT2D eigenvalue weighted by Gasteiger charge is -2.06. The van der Waals surface area contributed by atoms with E-state index in [0.29, 0.717) is 24.3 Å². The van der Waals surface area contributed by atoms with Gasteiger partial charge in [-0.3, -0.25) is 9.59 Å². The van der Waals surface area contributed by atoms with Crippen LogP contribution in [0.25, 0.3) is 0 Å². The Balaban J connectivity index is 2.45. The van der Waals surface area contributed by atoms with Crippen molar-refractivity contribution in [1.82, 2.24) is 0 Å². The predicted octanol–water partition coefficient (Wildman–Crippen LogP) is 3.09. The maximum Gasteiger partial charge on any atom is 0.338 e. The summed E-state index contributed by atoms with van der Waals surface area (Å²) in [4.78, 5) is 33.6. The van der Waals surface area contributed by atoms with Crippen LogP contribution >= 0.6 is 11.6 Å². The van der Waals surface area contributed by atoms with Crippen molar-refractivity contribution in [1.29, 1.82) is 0 Å². The summed E-state index contributed by atoms with van der Waals surface area (Å²) in [6.45, 7) is 2.28. The number of carbonyl (C=O) groups excluding carboxylic acids is 3. The van der Waals surface area contributed by atoms with Gasteiger partial charge in [0.05, 0.1) is 12.2 Å². The van der Waals surface area contributed by atoms with Gasteiger partial charge in [-0.15, -0.1) is 0 Å². The molecule has 0 N–H and O–H groups in total. The summed E-state index contributed by atoms with van der Waals surface area (Å²) in [6.07, 6.45) is 1.35. The molecule has 1 aromatic rings. The first-order valence-corrected chi connectivity index (χ1v) is 7.07. The van der Waals surface area contributed by atoms with Crippen LogP contribution in [0.5, 0.6) is 5.75 Å². The lowest BCUT2D eigenvalue weighted by atomic mass is 10.2. The smallest absolute Gasteiger partial charge is 0.338 e. The molecular weight excluding hydrogens is 296 g/mol. The van der Waals surface area contributed by atoms with Crippen LogP contribution < -0.4 is 4.74 Å². The molecule has 0 bridgehead atoms. The maximum atomic E-state index is 11.6. The second-order valence-electron chi connectivity index (χ2n) is 4.34. The van der Waals surface area contributed by atoms with Crippen molar-refractivity contribution in [2.24, 2.45) is 0 Å². The van der Waals surface area contributed by atoms with Gasteiger partial charge in [-0.05, 0) is 48.7 Å². The summed E-state index contributed by atoms with van der Waals surface area (Å²) in [5.74, 6) is -0.520. The average Bonchev–Trinajstić information content (AvgIpc) is 2.45. The largest absolute Gasteiger partial charge is 0.462 e. The van der Waals surface area contributed by atoms with Crippen LogP contribution in [-0.2, 0) is 14.3 Å². The summed E-state index contributed by atoms with van der Waals surface area (Å²) in [5.41, 5.74) is 0.399. The quantitative estimate of drug-likeness (QED) is 0.419. The molecule has 0 aliphatic carbocycles. The van der Waals surface area contributed by atoms with Crippen molar-refractivity contribution in [3.05, 3.63) is 29.8 Å². The Labute approximate surface area is 128 Å². The van der Waals surface area contributed by atoms with Crippen molar-refractivity contribution in [2.75, 3.05) is 6.61 Å². The fourth-order valence-corrected chi connectivity index (χ4v) is 1.62. The first kappa shape index (κ1) is 17.2. The molecule has 0 atom stereocenters. The number of hydrogen-bond acceptors (Lipinski definition) is 5. The monoisotopic (exact) mass is 312 g/mol. The minimum absolute atomic E-state index is 0.110. The van der Waals surface area contributed by atoms with Crippen molar-refractivity contribution in [2.45, 2.75) is 32.6 Å². The zero-order valence-electron chi connectivity index (χ0n) is 11.8. The molecule has 0 aliphatic heterocycles. The van der Waals surface area contributed by atoms with Gasteiger partial charge >= 0.3 is 11.9 Å². The second-order valence-corrected chi connectivity index (χ2v) is 4.76. The molecule has 21 heavy (non-hydrogen) atoms. The second kappa shape index (κ2) is 9.13. The van der Waals surface area contributed by atoms with Gasteiger partial charge in [-0.2, -0.15) is 0 Å². The zero-order chi connectivity index (χ0) is 15.7. The normalized spacial score (nSPS) is 10.0. The number of esters is 2. The van der Waals surface area contributed by atoms with Gasteiger partial charge in [-0.1, -0.05) is 6.92 Å². The number of benzene rings is 1. The van der Waals surface area contributed by atoms with Crippen LogP contribution in [0, 0.1) is 0 Å². The SMILES string of the molecule is CCCOC(=O)c1ccc(OC(=O)CCCC(=O)Cl)cc1. The van der Waals surface area contributed by atoms with Crippen LogP contribution in [0.3, 0.4) is 0 Å². The van der Waals surface area contributed by atoms with Crippen LogP contribution in [0.1, 0.15) is 43.0 Å². The first-order valence-electron chi connectivity index (χ1n) is 6.69. The fraction of sp³-hybridized carbons (Fsp3) is 0.400. The van der Waals surface area contributed by atoms with Crippen LogP contribution in [0.2, 0.25) is 0 Å². The molecule has 0 heterocycles. The molecule has 0 saturated carbocycles. The van der Waals surface area contributed by atoms with Gasteiger partial charge in [0.25, 0.3) is 0 Å². The Morgan fingerprint density at radius 3 is 2.33 bits per heavy atom. The highest BCUT2D eigenvalue weighted by molar-refractivity contribution is 6.63.